The molecule has 0 radical (unpaired) electrons. The number of aldehydes is 1. The number of halogens is 1. The summed E-state index contributed by atoms with van der Waals surface area (Å²) in [5.74, 6) is 1.04. The lowest BCUT2D eigenvalue weighted by Crippen LogP contribution is -2.10. The first-order valence-electron chi connectivity index (χ1n) is 6.33. The molecule has 0 spiro atoms. The average molecular weight is 307 g/mol. The van der Waals surface area contributed by atoms with E-state index in [-0.39, 0.29) is 6.61 Å². The van der Waals surface area contributed by atoms with Crippen LogP contribution in [0.4, 0.5) is 0 Å². The summed E-state index contributed by atoms with van der Waals surface area (Å²) in [4.78, 5) is 11.0. The van der Waals surface area contributed by atoms with Crippen molar-refractivity contribution in [2.45, 2.75) is 6.10 Å². The van der Waals surface area contributed by atoms with Crippen molar-refractivity contribution in [3.63, 3.8) is 0 Å². The van der Waals surface area contributed by atoms with E-state index in [2.05, 4.69) is 0 Å². The minimum Gasteiger partial charge on any atom is -0.497 e. The average Bonchev–Trinajstić information content (AvgIpc) is 2.53. The van der Waals surface area contributed by atoms with Gasteiger partial charge in [-0.2, -0.15) is 0 Å². The van der Waals surface area contributed by atoms with Crippen molar-refractivity contribution < 1.29 is 19.4 Å². The standard InChI is InChI=1S/C16H15ClO4/c1-20-14-4-2-3-11(8-14)15(19)10-21-16-6-5-13(17)7-12(16)9-18/h2-9,15,19H,10H2,1H3. The number of benzene rings is 2. The Morgan fingerprint density at radius 3 is 2.81 bits per heavy atom. The van der Waals surface area contributed by atoms with Gasteiger partial charge in [-0.05, 0) is 35.9 Å². The monoisotopic (exact) mass is 306 g/mol. The first kappa shape index (κ1) is 15.4. The molecule has 0 aliphatic heterocycles. The van der Waals surface area contributed by atoms with Crippen molar-refractivity contribution in [2.75, 3.05) is 13.7 Å². The quantitative estimate of drug-likeness (QED) is 0.832. The number of rotatable bonds is 6. The van der Waals surface area contributed by atoms with Crippen molar-refractivity contribution in [3.8, 4) is 11.5 Å². The Bertz CT molecular complexity index is 627. The van der Waals surface area contributed by atoms with Crippen molar-refractivity contribution in [3.05, 3.63) is 58.6 Å². The molecule has 5 heteroatoms. The molecule has 2 rings (SSSR count). The summed E-state index contributed by atoms with van der Waals surface area (Å²) >= 11 is 5.81. The zero-order chi connectivity index (χ0) is 15.2. The molecular weight excluding hydrogens is 292 g/mol. The van der Waals surface area contributed by atoms with Crippen molar-refractivity contribution >= 4 is 17.9 Å². The van der Waals surface area contributed by atoms with Gasteiger partial charge in [0, 0.05) is 5.02 Å². The largest absolute Gasteiger partial charge is 0.497 e. The first-order chi connectivity index (χ1) is 10.1. The van der Waals surface area contributed by atoms with Crippen LogP contribution in [0.5, 0.6) is 11.5 Å². The van der Waals surface area contributed by atoms with Crippen LogP contribution >= 0.6 is 11.6 Å². The van der Waals surface area contributed by atoms with Crippen LogP contribution in [-0.4, -0.2) is 25.1 Å². The molecule has 0 saturated heterocycles. The fourth-order valence-corrected chi connectivity index (χ4v) is 2.04. The first-order valence-corrected chi connectivity index (χ1v) is 6.71. The number of hydrogen-bond donors (Lipinski definition) is 1. The highest BCUT2D eigenvalue weighted by Crippen LogP contribution is 2.24. The molecule has 0 heterocycles. The van der Waals surface area contributed by atoms with Crippen LogP contribution in [0.1, 0.15) is 22.0 Å². The van der Waals surface area contributed by atoms with Gasteiger partial charge in [-0.1, -0.05) is 23.7 Å². The molecule has 21 heavy (non-hydrogen) atoms. The van der Waals surface area contributed by atoms with Crippen molar-refractivity contribution in [1.29, 1.82) is 0 Å². The number of ether oxygens (including phenoxy) is 2. The SMILES string of the molecule is COc1cccc(C(O)COc2ccc(Cl)cc2C=O)c1. The molecule has 1 N–H and O–H groups in total. The van der Waals surface area contributed by atoms with Crippen molar-refractivity contribution in [2.24, 2.45) is 0 Å². The molecule has 0 saturated carbocycles. The second-order valence-electron chi connectivity index (χ2n) is 4.40. The summed E-state index contributed by atoms with van der Waals surface area (Å²) in [6, 6.07) is 11.8. The van der Waals surface area contributed by atoms with E-state index in [1.54, 1.807) is 43.5 Å². The molecule has 110 valence electrons. The molecular formula is C16H15ClO4. The van der Waals surface area contributed by atoms with E-state index in [1.165, 1.54) is 6.07 Å². The van der Waals surface area contributed by atoms with Gasteiger partial charge in [-0.25, -0.2) is 0 Å². The van der Waals surface area contributed by atoms with E-state index in [1.807, 2.05) is 0 Å². The van der Waals surface area contributed by atoms with E-state index >= 15 is 0 Å². The predicted octanol–water partition coefficient (Wildman–Crippen LogP) is 3.27. The number of carbonyl (C=O) groups excluding carboxylic acids is 1. The number of carbonyl (C=O) groups is 1. The van der Waals surface area contributed by atoms with Crippen LogP contribution in [0.15, 0.2) is 42.5 Å². The molecule has 0 fully saturated rings. The van der Waals surface area contributed by atoms with Crippen LogP contribution in [-0.2, 0) is 0 Å². The van der Waals surface area contributed by atoms with Crippen LogP contribution in [0.2, 0.25) is 5.02 Å². The van der Waals surface area contributed by atoms with E-state index in [0.29, 0.717) is 33.9 Å². The van der Waals surface area contributed by atoms with Crippen molar-refractivity contribution in [1.82, 2.24) is 0 Å². The van der Waals surface area contributed by atoms with Gasteiger partial charge in [0.2, 0.25) is 0 Å². The summed E-state index contributed by atoms with van der Waals surface area (Å²) in [6.07, 6.45) is -0.158. The summed E-state index contributed by atoms with van der Waals surface area (Å²) in [7, 11) is 1.56. The number of aliphatic hydroxyl groups excluding tert-OH is 1. The maximum atomic E-state index is 11.0. The Morgan fingerprint density at radius 2 is 2.10 bits per heavy atom. The molecule has 0 aromatic heterocycles. The fourth-order valence-electron chi connectivity index (χ4n) is 1.86. The van der Waals surface area contributed by atoms with E-state index < -0.39 is 6.10 Å². The molecule has 0 aliphatic rings. The third-order valence-corrected chi connectivity index (χ3v) is 3.21. The van der Waals surface area contributed by atoms with Crippen LogP contribution in [0, 0.1) is 0 Å². The lowest BCUT2D eigenvalue weighted by Gasteiger charge is -2.14. The highest BCUT2D eigenvalue weighted by molar-refractivity contribution is 6.30. The van der Waals surface area contributed by atoms with Crippen LogP contribution < -0.4 is 9.47 Å². The number of hydrogen-bond acceptors (Lipinski definition) is 4. The lowest BCUT2D eigenvalue weighted by molar-refractivity contribution is 0.104. The Morgan fingerprint density at radius 1 is 1.29 bits per heavy atom. The van der Waals surface area contributed by atoms with Gasteiger partial charge in [0.05, 0.1) is 12.7 Å². The van der Waals surface area contributed by atoms with Gasteiger partial charge < -0.3 is 14.6 Å². The topological polar surface area (TPSA) is 55.8 Å². The lowest BCUT2D eigenvalue weighted by atomic mass is 10.1. The molecule has 2 aromatic rings. The molecule has 0 aliphatic carbocycles. The van der Waals surface area contributed by atoms with Gasteiger partial charge >= 0.3 is 0 Å². The Kier molecular flexibility index (Phi) is 5.20. The maximum absolute atomic E-state index is 11.0. The van der Waals surface area contributed by atoms with Crippen LogP contribution in [0.25, 0.3) is 0 Å². The van der Waals surface area contributed by atoms with Gasteiger partial charge in [-0.15, -0.1) is 0 Å². The number of methoxy groups -OCH3 is 1. The second kappa shape index (κ2) is 7.11. The second-order valence-corrected chi connectivity index (χ2v) is 4.84. The van der Waals surface area contributed by atoms with Gasteiger partial charge in [0.25, 0.3) is 0 Å². The third kappa shape index (κ3) is 3.97. The normalized spacial score (nSPS) is 11.8. The highest BCUT2D eigenvalue weighted by Gasteiger charge is 2.11. The summed E-state index contributed by atoms with van der Waals surface area (Å²) in [5, 5.41) is 10.6. The zero-order valence-electron chi connectivity index (χ0n) is 11.5. The minimum absolute atomic E-state index is 0.0235. The van der Waals surface area contributed by atoms with Gasteiger partial charge in [-0.3, -0.25) is 4.79 Å². The molecule has 4 nitrogen and oxygen atoms in total. The maximum Gasteiger partial charge on any atom is 0.153 e. The van der Waals surface area contributed by atoms with E-state index in [0.717, 1.165) is 0 Å². The fraction of sp³-hybridized carbons (Fsp3) is 0.188. The zero-order valence-corrected chi connectivity index (χ0v) is 12.2. The van der Waals surface area contributed by atoms with E-state index in [9.17, 15) is 9.90 Å². The molecule has 2 aromatic carbocycles. The Balaban J connectivity index is 2.07. The Labute approximate surface area is 127 Å². The number of aliphatic hydroxyl groups is 1. The highest BCUT2D eigenvalue weighted by atomic mass is 35.5. The summed E-state index contributed by atoms with van der Waals surface area (Å²) in [6.45, 7) is 0.0235. The minimum atomic E-state index is -0.824. The molecule has 0 amide bonds. The van der Waals surface area contributed by atoms with Gasteiger partial charge in [0.1, 0.15) is 24.2 Å². The van der Waals surface area contributed by atoms with Gasteiger partial charge in [0.15, 0.2) is 6.29 Å². The molecule has 0 bridgehead atoms. The third-order valence-electron chi connectivity index (χ3n) is 2.97. The molecule has 1 unspecified atom stereocenters. The Hall–Kier alpha value is -2.04. The summed E-state index contributed by atoms with van der Waals surface area (Å²) < 4.78 is 10.6. The van der Waals surface area contributed by atoms with E-state index in [4.69, 9.17) is 21.1 Å². The molecule has 1 atom stereocenters. The summed E-state index contributed by atoms with van der Waals surface area (Å²) in [5.41, 5.74) is 1.02. The smallest absolute Gasteiger partial charge is 0.153 e. The predicted molar refractivity (Wildman–Crippen MR) is 80.3 cm³/mol. The van der Waals surface area contributed by atoms with Crippen LogP contribution in [0.3, 0.4) is 0 Å².